The van der Waals surface area contributed by atoms with Gasteiger partial charge in [-0.2, -0.15) is 4.98 Å². The summed E-state index contributed by atoms with van der Waals surface area (Å²) in [5.74, 6) is 2.44. The summed E-state index contributed by atoms with van der Waals surface area (Å²) in [6, 6.07) is 3.55. The second kappa shape index (κ2) is 5.31. The molecule has 0 saturated carbocycles. The lowest BCUT2D eigenvalue weighted by atomic mass is 10.1. The molecule has 0 amide bonds. The maximum atomic E-state index is 5.35. The zero-order valence-electron chi connectivity index (χ0n) is 11.2. The number of hydrogen-bond acceptors (Lipinski definition) is 5. The highest BCUT2D eigenvalue weighted by atomic mass is 32.1. The van der Waals surface area contributed by atoms with E-state index in [9.17, 15) is 0 Å². The normalized spacial score (nSPS) is 10.3. The van der Waals surface area contributed by atoms with Gasteiger partial charge in [-0.3, -0.25) is 9.78 Å². The predicted molar refractivity (Wildman–Crippen MR) is 73.5 cm³/mol. The van der Waals surface area contributed by atoms with E-state index in [2.05, 4.69) is 10.1 Å². The monoisotopic (exact) mass is 281 g/mol. The molecular formula is C12H15N3O3S. The van der Waals surface area contributed by atoms with Crippen LogP contribution in [-0.4, -0.2) is 36.1 Å². The summed E-state index contributed by atoms with van der Waals surface area (Å²) in [4.78, 5) is 4.27. The Hall–Kier alpha value is -2.02. The Balaban J connectivity index is 2.64. The van der Waals surface area contributed by atoms with Crippen molar-refractivity contribution in [3.8, 4) is 28.6 Å². The van der Waals surface area contributed by atoms with E-state index in [0.717, 1.165) is 5.56 Å². The molecule has 7 heteroatoms. The van der Waals surface area contributed by atoms with Crippen molar-refractivity contribution in [3.63, 3.8) is 0 Å². The standard InChI is InChI=1S/C12H15N3O3S/c1-15-12(19)13-11(14-15)7-5-9(17-3)10(18-4)6-8(7)16-2/h5-6H,1-4H3,(H,13,14,19). The maximum Gasteiger partial charge on any atom is 0.216 e. The number of aromatic nitrogens is 3. The highest BCUT2D eigenvalue weighted by molar-refractivity contribution is 7.71. The van der Waals surface area contributed by atoms with E-state index in [-0.39, 0.29) is 0 Å². The smallest absolute Gasteiger partial charge is 0.216 e. The lowest BCUT2D eigenvalue weighted by Crippen LogP contribution is -1.96. The first-order valence-electron chi connectivity index (χ1n) is 5.54. The molecule has 0 radical (unpaired) electrons. The van der Waals surface area contributed by atoms with Gasteiger partial charge in [-0.15, -0.1) is 0 Å². The fourth-order valence-electron chi connectivity index (χ4n) is 1.74. The van der Waals surface area contributed by atoms with Crippen LogP contribution in [0.1, 0.15) is 0 Å². The van der Waals surface area contributed by atoms with Crippen molar-refractivity contribution in [1.29, 1.82) is 0 Å². The number of rotatable bonds is 4. The molecule has 0 aliphatic rings. The van der Waals surface area contributed by atoms with Crippen LogP contribution in [-0.2, 0) is 7.05 Å². The molecule has 102 valence electrons. The average molecular weight is 281 g/mol. The van der Waals surface area contributed by atoms with Crippen molar-refractivity contribution in [1.82, 2.24) is 14.8 Å². The molecule has 0 unspecified atom stereocenters. The molecule has 1 N–H and O–H groups in total. The van der Waals surface area contributed by atoms with Crippen LogP contribution in [0.4, 0.5) is 0 Å². The molecule has 0 atom stereocenters. The molecule has 0 saturated heterocycles. The second-order valence-electron chi connectivity index (χ2n) is 3.82. The SMILES string of the molecule is COc1cc(OC)c(-c2nc(=S)n(C)[nH]2)cc1OC. The minimum atomic E-state index is 0.465. The number of methoxy groups -OCH3 is 3. The molecule has 0 aliphatic carbocycles. The van der Waals surface area contributed by atoms with Crippen molar-refractivity contribution < 1.29 is 14.2 Å². The Morgan fingerprint density at radius 1 is 1.05 bits per heavy atom. The molecule has 0 fully saturated rings. The zero-order valence-corrected chi connectivity index (χ0v) is 12.0. The van der Waals surface area contributed by atoms with E-state index in [0.29, 0.717) is 27.8 Å². The van der Waals surface area contributed by atoms with Crippen molar-refractivity contribution >= 4 is 12.2 Å². The highest BCUT2D eigenvalue weighted by Gasteiger charge is 2.15. The van der Waals surface area contributed by atoms with Gasteiger partial charge < -0.3 is 14.2 Å². The van der Waals surface area contributed by atoms with Crippen molar-refractivity contribution in [2.24, 2.45) is 7.05 Å². The minimum absolute atomic E-state index is 0.465. The fraction of sp³-hybridized carbons (Fsp3) is 0.333. The van der Waals surface area contributed by atoms with E-state index in [4.69, 9.17) is 26.4 Å². The summed E-state index contributed by atoms with van der Waals surface area (Å²) < 4.78 is 18.0. The molecule has 2 aromatic rings. The van der Waals surface area contributed by atoms with Gasteiger partial charge in [-0.05, 0) is 18.3 Å². The Bertz CT molecular complexity index is 648. The Labute approximate surface area is 115 Å². The predicted octanol–water partition coefficient (Wildman–Crippen LogP) is 2.17. The molecular weight excluding hydrogens is 266 g/mol. The first-order chi connectivity index (χ1) is 9.10. The van der Waals surface area contributed by atoms with Gasteiger partial charge >= 0.3 is 0 Å². The minimum Gasteiger partial charge on any atom is -0.496 e. The van der Waals surface area contributed by atoms with E-state index < -0.39 is 0 Å². The highest BCUT2D eigenvalue weighted by Crippen LogP contribution is 2.38. The van der Waals surface area contributed by atoms with Crippen molar-refractivity contribution in [3.05, 3.63) is 16.9 Å². The quantitative estimate of drug-likeness (QED) is 0.870. The van der Waals surface area contributed by atoms with Crippen molar-refractivity contribution in [2.75, 3.05) is 21.3 Å². The molecule has 1 aromatic heterocycles. The van der Waals surface area contributed by atoms with E-state index in [1.54, 1.807) is 45.2 Å². The largest absolute Gasteiger partial charge is 0.496 e. The molecule has 2 rings (SSSR count). The van der Waals surface area contributed by atoms with Gasteiger partial charge in [-0.25, -0.2) is 0 Å². The number of nitrogens with zero attached hydrogens (tertiary/aromatic N) is 2. The van der Waals surface area contributed by atoms with Crippen LogP contribution < -0.4 is 14.2 Å². The van der Waals surface area contributed by atoms with Gasteiger partial charge in [0.1, 0.15) is 5.75 Å². The molecule has 6 nitrogen and oxygen atoms in total. The lowest BCUT2D eigenvalue weighted by molar-refractivity contribution is 0.349. The Morgan fingerprint density at radius 2 is 1.63 bits per heavy atom. The van der Waals surface area contributed by atoms with Crippen LogP contribution in [0, 0.1) is 4.77 Å². The summed E-state index contributed by atoms with van der Waals surface area (Å²) in [6.07, 6.45) is 0. The lowest BCUT2D eigenvalue weighted by Gasteiger charge is -2.12. The number of aryl methyl sites for hydroxylation is 1. The number of hydrogen-bond donors (Lipinski definition) is 1. The van der Waals surface area contributed by atoms with Gasteiger partial charge in [0.05, 0.1) is 26.9 Å². The van der Waals surface area contributed by atoms with E-state index in [1.165, 1.54) is 0 Å². The van der Waals surface area contributed by atoms with Gasteiger partial charge in [0.25, 0.3) is 0 Å². The van der Waals surface area contributed by atoms with E-state index in [1.807, 2.05) is 0 Å². The number of H-pyrrole nitrogens is 1. The molecule has 0 bridgehead atoms. The maximum absolute atomic E-state index is 5.35. The Kier molecular flexibility index (Phi) is 3.75. The Morgan fingerprint density at radius 3 is 2.11 bits per heavy atom. The first kappa shape index (κ1) is 13.4. The third-order valence-electron chi connectivity index (χ3n) is 2.73. The molecule has 0 spiro atoms. The van der Waals surface area contributed by atoms with Gasteiger partial charge in [0.2, 0.25) is 4.77 Å². The number of benzene rings is 1. The van der Waals surface area contributed by atoms with Crippen LogP contribution in [0.2, 0.25) is 0 Å². The molecule has 0 aliphatic heterocycles. The summed E-state index contributed by atoms with van der Waals surface area (Å²) in [5.41, 5.74) is 0.756. The topological polar surface area (TPSA) is 61.3 Å². The van der Waals surface area contributed by atoms with Gasteiger partial charge in [-0.1, -0.05) is 0 Å². The molecule has 19 heavy (non-hydrogen) atoms. The number of aromatic amines is 1. The third-order valence-corrected chi connectivity index (χ3v) is 3.09. The van der Waals surface area contributed by atoms with Gasteiger partial charge in [0.15, 0.2) is 17.3 Å². The van der Waals surface area contributed by atoms with Crippen LogP contribution in [0.3, 0.4) is 0 Å². The van der Waals surface area contributed by atoms with Crippen LogP contribution in [0.25, 0.3) is 11.4 Å². The molecule has 1 heterocycles. The second-order valence-corrected chi connectivity index (χ2v) is 4.19. The summed E-state index contributed by atoms with van der Waals surface area (Å²) in [6.45, 7) is 0. The number of nitrogens with one attached hydrogen (secondary N) is 1. The average Bonchev–Trinajstić information content (AvgIpc) is 2.76. The zero-order chi connectivity index (χ0) is 14.0. The number of ether oxygens (including phenoxy) is 3. The van der Waals surface area contributed by atoms with Crippen LogP contribution >= 0.6 is 12.2 Å². The summed E-state index contributed by atoms with van der Waals surface area (Å²) >= 11 is 5.09. The first-order valence-corrected chi connectivity index (χ1v) is 5.95. The van der Waals surface area contributed by atoms with E-state index >= 15 is 0 Å². The molecule has 1 aromatic carbocycles. The van der Waals surface area contributed by atoms with Crippen LogP contribution in [0.15, 0.2) is 12.1 Å². The van der Waals surface area contributed by atoms with Crippen LogP contribution in [0.5, 0.6) is 17.2 Å². The fourth-order valence-corrected chi connectivity index (χ4v) is 1.87. The summed E-state index contributed by atoms with van der Waals surface area (Å²) in [5, 5.41) is 3.05. The van der Waals surface area contributed by atoms with Gasteiger partial charge in [0, 0.05) is 13.1 Å². The summed E-state index contributed by atoms with van der Waals surface area (Å²) in [7, 11) is 6.54. The third kappa shape index (κ3) is 2.41. The van der Waals surface area contributed by atoms with Crippen molar-refractivity contribution in [2.45, 2.75) is 0 Å².